The maximum atomic E-state index is 5.83. The molecule has 0 spiro atoms. The van der Waals surface area contributed by atoms with Crippen LogP contribution in [0.3, 0.4) is 0 Å². The summed E-state index contributed by atoms with van der Waals surface area (Å²) in [6.07, 6.45) is 8.59. The molecule has 0 bridgehead atoms. The van der Waals surface area contributed by atoms with Gasteiger partial charge >= 0.3 is 0 Å². The molecule has 3 heteroatoms. The molecule has 2 aliphatic rings. The van der Waals surface area contributed by atoms with Crippen LogP contribution in [0.25, 0.3) is 0 Å². The Morgan fingerprint density at radius 3 is 2.75 bits per heavy atom. The summed E-state index contributed by atoms with van der Waals surface area (Å²) < 4.78 is 5.83. The maximum Gasteiger partial charge on any atom is 0.0702 e. The predicted octanol–water partition coefficient (Wildman–Crippen LogP) is 2.90. The van der Waals surface area contributed by atoms with Gasteiger partial charge in [-0.3, -0.25) is 0 Å². The van der Waals surface area contributed by atoms with Crippen molar-refractivity contribution in [3.05, 3.63) is 0 Å². The van der Waals surface area contributed by atoms with Crippen LogP contribution in [0.4, 0.5) is 0 Å². The van der Waals surface area contributed by atoms with Crippen molar-refractivity contribution < 1.29 is 4.74 Å². The van der Waals surface area contributed by atoms with Crippen LogP contribution in [0.2, 0.25) is 0 Å². The molecule has 1 saturated heterocycles. The lowest BCUT2D eigenvalue weighted by Gasteiger charge is -2.43. The lowest BCUT2D eigenvalue weighted by Crippen LogP contribution is -2.47. The van der Waals surface area contributed by atoms with E-state index in [1.54, 1.807) is 0 Å². The van der Waals surface area contributed by atoms with E-state index >= 15 is 0 Å². The smallest absolute Gasteiger partial charge is 0.0702 e. The largest absolute Gasteiger partial charge is 0.377 e. The molecule has 1 saturated carbocycles. The minimum atomic E-state index is 0.487. The topological polar surface area (TPSA) is 24.5 Å². The van der Waals surface area contributed by atoms with E-state index in [4.69, 9.17) is 4.74 Å². The van der Waals surface area contributed by atoms with Crippen molar-refractivity contribution in [2.75, 3.05) is 39.8 Å². The molecule has 0 aromatic carbocycles. The van der Waals surface area contributed by atoms with Gasteiger partial charge in [-0.05, 0) is 50.6 Å². The highest BCUT2D eigenvalue weighted by atomic mass is 16.5. The second-order valence-corrected chi connectivity index (χ2v) is 7.19. The molecule has 20 heavy (non-hydrogen) atoms. The summed E-state index contributed by atoms with van der Waals surface area (Å²) in [4.78, 5) is 2.64. The van der Waals surface area contributed by atoms with E-state index in [1.165, 1.54) is 51.6 Å². The van der Waals surface area contributed by atoms with Crippen LogP contribution in [-0.2, 0) is 4.74 Å². The third kappa shape index (κ3) is 4.44. The molecule has 0 aromatic heterocycles. The molecular weight excluding hydrogens is 248 g/mol. The van der Waals surface area contributed by atoms with Gasteiger partial charge in [-0.15, -0.1) is 0 Å². The fraction of sp³-hybridized carbons (Fsp3) is 1.00. The highest BCUT2D eigenvalue weighted by Crippen LogP contribution is 2.39. The summed E-state index contributed by atoms with van der Waals surface area (Å²) in [5.74, 6) is 0.888. The SMILES string of the molecule is CCN(CC1CCCO1)CC1(CNC)CCCC(C)C1. The Bertz CT molecular complexity index is 274. The number of likely N-dealkylation sites (N-methyl/N-ethyl adjacent to an activating group) is 1. The molecule has 1 aliphatic carbocycles. The normalized spacial score (nSPS) is 34.8. The second-order valence-electron chi connectivity index (χ2n) is 7.19. The highest BCUT2D eigenvalue weighted by molar-refractivity contribution is 4.90. The minimum absolute atomic E-state index is 0.487. The second kappa shape index (κ2) is 7.77. The van der Waals surface area contributed by atoms with Gasteiger partial charge in [0, 0.05) is 26.2 Å². The maximum absolute atomic E-state index is 5.83. The zero-order chi connectivity index (χ0) is 14.4. The van der Waals surface area contributed by atoms with Crippen LogP contribution >= 0.6 is 0 Å². The van der Waals surface area contributed by atoms with Crippen molar-refractivity contribution >= 4 is 0 Å². The first-order chi connectivity index (χ1) is 9.67. The number of nitrogens with zero attached hydrogens (tertiary/aromatic N) is 1. The van der Waals surface area contributed by atoms with Crippen LogP contribution in [0, 0.1) is 11.3 Å². The van der Waals surface area contributed by atoms with Gasteiger partial charge in [0.2, 0.25) is 0 Å². The van der Waals surface area contributed by atoms with Crippen molar-refractivity contribution in [2.24, 2.45) is 11.3 Å². The van der Waals surface area contributed by atoms with Gasteiger partial charge in [-0.25, -0.2) is 0 Å². The summed E-state index contributed by atoms with van der Waals surface area (Å²) >= 11 is 0. The molecule has 1 N–H and O–H groups in total. The number of hydrogen-bond acceptors (Lipinski definition) is 3. The molecule has 1 heterocycles. The van der Waals surface area contributed by atoms with Gasteiger partial charge in [0.05, 0.1) is 6.10 Å². The molecule has 0 radical (unpaired) electrons. The van der Waals surface area contributed by atoms with Crippen LogP contribution in [0.15, 0.2) is 0 Å². The van der Waals surface area contributed by atoms with E-state index in [9.17, 15) is 0 Å². The van der Waals surface area contributed by atoms with E-state index in [0.717, 1.165) is 25.6 Å². The molecule has 2 fully saturated rings. The van der Waals surface area contributed by atoms with Crippen molar-refractivity contribution in [1.29, 1.82) is 0 Å². The molecule has 0 aromatic rings. The Morgan fingerprint density at radius 2 is 2.15 bits per heavy atom. The van der Waals surface area contributed by atoms with Gasteiger partial charge < -0.3 is 15.0 Å². The summed E-state index contributed by atoms with van der Waals surface area (Å²) in [6, 6.07) is 0. The van der Waals surface area contributed by atoms with E-state index in [2.05, 4.69) is 31.1 Å². The molecule has 0 amide bonds. The van der Waals surface area contributed by atoms with E-state index in [1.807, 2.05) is 0 Å². The lowest BCUT2D eigenvalue weighted by molar-refractivity contribution is 0.0378. The quantitative estimate of drug-likeness (QED) is 0.777. The summed E-state index contributed by atoms with van der Waals surface area (Å²) in [7, 11) is 2.11. The number of rotatable bonds is 7. The third-order valence-electron chi connectivity index (χ3n) is 5.23. The molecule has 3 atom stereocenters. The zero-order valence-corrected chi connectivity index (χ0v) is 13.8. The van der Waals surface area contributed by atoms with Crippen LogP contribution in [0.5, 0.6) is 0 Å². The van der Waals surface area contributed by atoms with Crippen molar-refractivity contribution in [2.45, 2.75) is 58.5 Å². The lowest BCUT2D eigenvalue weighted by atomic mass is 9.69. The Hall–Kier alpha value is -0.120. The van der Waals surface area contributed by atoms with Crippen molar-refractivity contribution in [3.63, 3.8) is 0 Å². The van der Waals surface area contributed by atoms with Gasteiger partial charge in [-0.2, -0.15) is 0 Å². The Labute approximate surface area is 125 Å². The van der Waals surface area contributed by atoms with E-state index in [0.29, 0.717) is 11.5 Å². The highest BCUT2D eigenvalue weighted by Gasteiger charge is 2.36. The molecule has 1 aliphatic heterocycles. The van der Waals surface area contributed by atoms with E-state index < -0.39 is 0 Å². The van der Waals surface area contributed by atoms with Crippen molar-refractivity contribution in [3.8, 4) is 0 Å². The van der Waals surface area contributed by atoms with Crippen molar-refractivity contribution in [1.82, 2.24) is 10.2 Å². The summed E-state index contributed by atoms with van der Waals surface area (Å²) in [5.41, 5.74) is 0.487. The van der Waals surface area contributed by atoms with Crippen LogP contribution in [0.1, 0.15) is 52.4 Å². The molecule has 118 valence electrons. The number of hydrogen-bond donors (Lipinski definition) is 1. The first kappa shape index (κ1) is 16.3. The third-order valence-corrected chi connectivity index (χ3v) is 5.23. The Morgan fingerprint density at radius 1 is 1.30 bits per heavy atom. The van der Waals surface area contributed by atoms with Crippen LogP contribution in [-0.4, -0.2) is 50.8 Å². The van der Waals surface area contributed by atoms with Gasteiger partial charge in [0.1, 0.15) is 0 Å². The van der Waals surface area contributed by atoms with Gasteiger partial charge in [-0.1, -0.05) is 26.7 Å². The molecule has 3 nitrogen and oxygen atoms in total. The van der Waals surface area contributed by atoms with Gasteiger partial charge in [0.25, 0.3) is 0 Å². The molecular formula is C17H34N2O. The van der Waals surface area contributed by atoms with Crippen LogP contribution < -0.4 is 5.32 Å². The van der Waals surface area contributed by atoms with E-state index in [-0.39, 0.29) is 0 Å². The summed E-state index contributed by atoms with van der Waals surface area (Å²) in [6.45, 7) is 10.4. The average molecular weight is 282 g/mol. The zero-order valence-electron chi connectivity index (χ0n) is 13.8. The first-order valence-corrected chi connectivity index (χ1v) is 8.66. The van der Waals surface area contributed by atoms with Gasteiger partial charge in [0.15, 0.2) is 0 Å². The Balaban J connectivity index is 1.93. The fourth-order valence-corrected chi connectivity index (χ4v) is 4.36. The predicted molar refractivity (Wildman–Crippen MR) is 85.1 cm³/mol. The number of nitrogens with one attached hydrogen (secondary N) is 1. The minimum Gasteiger partial charge on any atom is -0.377 e. The molecule has 3 unspecified atom stereocenters. The monoisotopic (exact) mass is 282 g/mol. The summed E-state index contributed by atoms with van der Waals surface area (Å²) in [5, 5.41) is 3.46. The average Bonchev–Trinajstić information content (AvgIpc) is 2.91. The first-order valence-electron chi connectivity index (χ1n) is 8.66. The molecule has 2 rings (SSSR count). The number of ether oxygens (including phenoxy) is 1. The fourth-order valence-electron chi connectivity index (χ4n) is 4.36. The Kier molecular flexibility index (Phi) is 6.31. The standard InChI is InChI=1S/C17H34N2O/c1-4-19(12-16-8-6-10-20-16)14-17(13-18-3)9-5-7-15(2)11-17/h15-16,18H,4-14H2,1-3H3.